The van der Waals surface area contributed by atoms with Gasteiger partial charge in [-0.2, -0.15) is 5.11 Å². The summed E-state index contributed by atoms with van der Waals surface area (Å²) in [7, 11) is 0. The van der Waals surface area contributed by atoms with Crippen LogP contribution in [0.1, 0.15) is 39.0 Å². The van der Waals surface area contributed by atoms with Crippen molar-refractivity contribution in [2.45, 2.75) is 39.0 Å². The maximum Gasteiger partial charge on any atom is 0.269 e. The van der Waals surface area contributed by atoms with E-state index in [1.54, 1.807) is 12.1 Å². The number of non-ortho nitro benzene ring substituents is 1. The fourth-order valence-corrected chi connectivity index (χ4v) is 3.91. The van der Waals surface area contributed by atoms with Crippen molar-refractivity contribution >= 4 is 34.4 Å². The summed E-state index contributed by atoms with van der Waals surface area (Å²) in [5.74, 6) is 0. The Bertz CT molecular complexity index is 880. The van der Waals surface area contributed by atoms with Crippen LogP contribution in [0.3, 0.4) is 0 Å². The molecule has 2 aromatic rings. The van der Waals surface area contributed by atoms with Crippen molar-refractivity contribution in [3.05, 3.63) is 57.6 Å². The summed E-state index contributed by atoms with van der Waals surface area (Å²) in [6, 6.07) is 11.8. The number of rotatable bonds is 10. The van der Waals surface area contributed by atoms with Crippen molar-refractivity contribution in [3.63, 3.8) is 0 Å². The third kappa shape index (κ3) is 7.01. The molecule has 3 rings (SSSR count). The number of halogens is 1. The molecule has 8 heteroatoms. The van der Waals surface area contributed by atoms with Crippen LogP contribution in [-0.2, 0) is 0 Å². The summed E-state index contributed by atoms with van der Waals surface area (Å²) in [5.41, 5.74) is 2.24. The molecule has 1 saturated heterocycles. The number of hydrogen-bond acceptors (Lipinski definition) is 6. The van der Waals surface area contributed by atoms with Crippen molar-refractivity contribution in [2.24, 2.45) is 10.2 Å². The molecule has 0 spiro atoms. The molecule has 0 amide bonds. The Morgan fingerprint density at radius 3 is 2.32 bits per heavy atom. The molecule has 0 aliphatic carbocycles. The Balaban J connectivity index is 1.51. The monoisotopic (exact) mass is 443 g/mol. The topological polar surface area (TPSA) is 74.3 Å². The van der Waals surface area contributed by atoms with E-state index in [9.17, 15) is 10.1 Å². The van der Waals surface area contributed by atoms with E-state index in [1.807, 2.05) is 18.2 Å². The number of azo groups is 1. The number of nitro groups is 1. The van der Waals surface area contributed by atoms with Crippen LogP contribution in [0.5, 0.6) is 0 Å². The van der Waals surface area contributed by atoms with Gasteiger partial charge in [-0.15, -0.1) is 5.11 Å². The summed E-state index contributed by atoms with van der Waals surface area (Å²) in [4.78, 5) is 15.2. The van der Waals surface area contributed by atoms with Crippen LogP contribution < -0.4 is 4.90 Å². The summed E-state index contributed by atoms with van der Waals surface area (Å²) in [6.07, 6.45) is 6.61. The highest BCUT2D eigenvalue weighted by molar-refractivity contribution is 6.33. The van der Waals surface area contributed by atoms with Gasteiger partial charge in [0.25, 0.3) is 5.69 Å². The van der Waals surface area contributed by atoms with Gasteiger partial charge in [-0.25, -0.2) is 0 Å². The molecule has 0 N–H and O–H groups in total. The fraction of sp³-hybridized carbons (Fsp3) is 0.478. The lowest BCUT2D eigenvalue weighted by Crippen LogP contribution is -2.46. The first-order valence-corrected chi connectivity index (χ1v) is 11.4. The minimum Gasteiger partial charge on any atom is -0.369 e. The van der Waals surface area contributed by atoms with Gasteiger partial charge >= 0.3 is 0 Å². The van der Waals surface area contributed by atoms with Gasteiger partial charge in [0.1, 0.15) is 5.69 Å². The van der Waals surface area contributed by atoms with Crippen LogP contribution in [-0.4, -0.2) is 42.5 Å². The van der Waals surface area contributed by atoms with Crippen LogP contribution in [0.4, 0.5) is 22.7 Å². The number of anilines is 1. The molecule has 0 bridgehead atoms. The number of hydrogen-bond donors (Lipinski definition) is 0. The predicted molar refractivity (Wildman–Crippen MR) is 126 cm³/mol. The third-order valence-electron chi connectivity index (χ3n) is 5.58. The van der Waals surface area contributed by atoms with Gasteiger partial charge in [0.15, 0.2) is 0 Å². The van der Waals surface area contributed by atoms with Gasteiger partial charge < -0.3 is 4.90 Å². The highest BCUT2D eigenvalue weighted by atomic mass is 35.5. The smallest absolute Gasteiger partial charge is 0.269 e. The molecule has 1 heterocycles. The third-order valence-corrected chi connectivity index (χ3v) is 5.88. The van der Waals surface area contributed by atoms with Gasteiger partial charge in [0, 0.05) is 44.0 Å². The first-order valence-electron chi connectivity index (χ1n) is 11.0. The molecule has 1 aliphatic rings. The minimum atomic E-state index is -0.441. The second-order valence-corrected chi connectivity index (χ2v) is 8.26. The number of benzene rings is 2. The largest absolute Gasteiger partial charge is 0.369 e. The fourth-order valence-electron chi connectivity index (χ4n) is 3.69. The SMILES string of the molecule is CCCCCCCN1CCN(c2ccc(N=Nc3ccc([N+](=O)[O-])cc3)c(Cl)c2)CC1. The van der Waals surface area contributed by atoms with Gasteiger partial charge in [0.2, 0.25) is 0 Å². The van der Waals surface area contributed by atoms with E-state index in [0.717, 1.165) is 31.9 Å². The predicted octanol–water partition coefficient (Wildman–Crippen LogP) is 6.76. The molecule has 0 aromatic heterocycles. The Hall–Kier alpha value is -2.51. The summed E-state index contributed by atoms with van der Waals surface area (Å²) in [5, 5.41) is 19.6. The zero-order valence-electron chi connectivity index (χ0n) is 18.0. The zero-order chi connectivity index (χ0) is 22.1. The zero-order valence-corrected chi connectivity index (χ0v) is 18.8. The molecule has 0 saturated carbocycles. The van der Waals surface area contributed by atoms with Crippen LogP contribution >= 0.6 is 11.6 Å². The van der Waals surface area contributed by atoms with Crippen molar-refractivity contribution in [2.75, 3.05) is 37.6 Å². The van der Waals surface area contributed by atoms with Gasteiger partial charge in [-0.1, -0.05) is 44.2 Å². The van der Waals surface area contributed by atoms with Crippen molar-refractivity contribution < 1.29 is 4.92 Å². The summed E-state index contributed by atoms with van der Waals surface area (Å²) >= 11 is 6.44. The molecule has 7 nitrogen and oxygen atoms in total. The van der Waals surface area contributed by atoms with Crippen LogP contribution in [0, 0.1) is 10.1 Å². The molecule has 1 fully saturated rings. The van der Waals surface area contributed by atoms with E-state index >= 15 is 0 Å². The molecule has 0 unspecified atom stereocenters. The van der Waals surface area contributed by atoms with Gasteiger partial charge in [0.05, 0.1) is 15.6 Å². The summed E-state index contributed by atoms with van der Waals surface area (Å²) in [6.45, 7) is 7.59. The molecular weight excluding hydrogens is 414 g/mol. The lowest BCUT2D eigenvalue weighted by molar-refractivity contribution is -0.384. The second kappa shape index (κ2) is 11.8. The van der Waals surface area contributed by atoms with Gasteiger partial charge in [-0.05, 0) is 43.3 Å². The molecule has 0 atom stereocenters. The molecule has 0 radical (unpaired) electrons. The Kier molecular flexibility index (Phi) is 8.79. The van der Waals surface area contributed by atoms with E-state index in [-0.39, 0.29) is 5.69 Å². The second-order valence-electron chi connectivity index (χ2n) is 7.85. The standard InChI is InChI=1S/C23H30ClN5O2/c1-2-3-4-5-6-13-27-14-16-28(17-15-27)21-11-12-23(22(24)18-21)26-25-19-7-9-20(10-8-19)29(30)31/h7-12,18H,2-6,13-17H2,1H3. The number of piperazine rings is 1. The van der Waals surface area contributed by atoms with Crippen molar-refractivity contribution in [1.29, 1.82) is 0 Å². The van der Waals surface area contributed by atoms with E-state index in [4.69, 9.17) is 11.6 Å². The van der Waals surface area contributed by atoms with E-state index in [1.165, 1.54) is 50.8 Å². The van der Waals surface area contributed by atoms with E-state index < -0.39 is 4.92 Å². The number of nitro benzene ring substituents is 1. The molecule has 1 aliphatic heterocycles. The Morgan fingerprint density at radius 1 is 0.968 bits per heavy atom. The lowest BCUT2D eigenvalue weighted by atomic mass is 10.1. The number of unbranched alkanes of at least 4 members (excludes halogenated alkanes) is 4. The molecule has 31 heavy (non-hydrogen) atoms. The summed E-state index contributed by atoms with van der Waals surface area (Å²) < 4.78 is 0. The van der Waals surface area contributed by atoms with E-state index in [0.29, 0.717) is 16.4 Å². The number of nitrogens with zero attached hydrogens (tertiary/aromatic N) is 5. The first-order chi connectivity index (χ1) is 15.1. The average molecular weight is 444 g/mol. The Morgan fingerprint density at radius 2 is 1.68 bits per heavy atom. The quantitative estimate of drug-likeness (QED) is 0.176. The van der Waals surface area contributed by atoms with Crippen molar-refractivity contribution in [1.82, 2.24) is 4.90 Å². The average Bonchev–Trinajstić information content (AvgIpc) is 2.79. The van der Waals surface area contributed by atoms with Crippen LogP contribution in [0.15, 0.2) is 52.7 Å². The minimum absolute atomic E-state index is 0.0259. The normalized spacial score (nSPS) is 15.0. The Labute approximate surface area is 188 Å². The van der Waals surface area contributed by atoms with Crippen LogP contribution in [0.2, 0.25) is 5.02 Å². The van der Waals surface area contributed by atoms with Crippen molar-refractivity contribution in [3.8, 4) is 0 Å². The molecule has 166 valence electrons. The maximum absolute atomic E-state index is 10.7. The van der Waals surface area contributed by atoms with E-state index in [2.05, 4.69) is 27.0 Å². The van der Waals surface area contributed by atoms with Gasteiger partial charge in [-0.3, -0.25) is 15.0 Å². The van der Waals surface area contributed by atoms with Crippen LogP contribution in [0.25, 0.3) is 0 Å². The first kappa shape index (κ1) is 23.2. The molecule has 2 aromatic carbocycles. The highest BCUT2D eigenvalue weighted by Crippen LogP contribution is 2.31. The lowest BCUT2D eigenvalue weighted by Gasteiger charge is -2.36. The maximum atomic E-state index is 10.7. The molecular formula is C23H30ClN5O2. The highest BCUT2D eigenvalue weighted by Gasteiger charge is 2.17.